The van der Waals surface area contributed by atoms with Crippen LogP contribution in [-0.4, -0.2) is 40.2 Å². The number of amides is 2. The lowest BCUT2D eigenvalue weighted by Gasteiger charge is -2.32. The summed E-state index contributed by atoms with van der Waals surface area (Å²) in [5.41, 5.74) is 0. The van der Waals surface area contributed by atoms with E-state index < -0.39 is 0 Å². The van der Waals surface area contributed by atoms with Crippen LogP contribution in [0.4, 0.5) is 4.79 Å². The molecule has 1 aliphatic carbocycles. The molecular formula is C13H20N4O2. The van der Waals surface area contributed by atoms with Gasteiger partial charge in [0, 0.05) is 25.6 Å². The van der Waals surface area contributed by atoms with Gasteiger partial charge in [0.1, 0.15) is 0 Å². The van der Waals surface area contributed by atoms with E-state index in [4.69, 9.17) is 4.52 Å². The summed E-state index contributed by atoms with van der Waals surface area (Å²) in [7, 11) is 0. The molecule has 2 fully saturated rings. The first-order valence-electron chi connectivity index (χ1n) is 7.05. The molecule has 104 valence electrons. The van der Waals surface area contributed by atoms with Gasteiger partial charge in [0.25, 0.3) is 0 Å². The molecule has 1 atom stereocenters. The lowest BCUT2D eigenvalue weighted by atomic mass is 9.95. The second-order valence-electron chi connectivity index (χ2n) is 5.62. The van der Waals surface area contributed by atoms with Crippen LogP contribution in [0, 0.1) is 12.8 Å². The van der Waals surface area contributed by atoms with E-state index in [2.05, 4.69) is 15.5 Å². The molecular weight excluding hydrogens is 244 g/mol. The zero-order valence-electron chi connectivity index (χ0n) is 11.3. The van der Waals surface area contributed by atoms with Crippen molar-refractivity contribution in [2.75, 3.05) is 13.1 Å². The van der Waals surface area contributed by atoms with E-state index in [0.29, 0.717) is 23.7 Å². The fraction of sp³-hybridized carbons (Fsp3) is 0.769. The number of likely N-dealkylation sites (tertiary alicyclic amines) is 1. The largest absolute Gasteiger partial charge is 0.339 e. The first kappa shape index (κ1) is 12.4. The standard InChI is InChI=1S/C13H20N4O2/c1-9-14-12(19-16-9)7-10-3-2-6-17(8-10)13(18)15-11-4-5-11/h10-11H,2-8H2,1H3,(H,15,18). The molecule has 1 aliphatic heterocycles. The van der Waals surface area contributed by atoms with E-state index in [-0.39, 0.29) is 6.03 Å². The molecule has 0 bridgehead atoms. The average Bonchev–Trinajstić information content (AvgIpc) is 3.12. The Kier molecular flexibility index (Phi) is 3.40. The Hall–Kier alpha value is -1.59. The zero-order valence-corrected chi connectivity index (χ0v) is 11.3. The van der Waals surface area contributed by atoms with Gasteiger partial charge >= 0.3 is 6.03 Å². The van der Waals surface area contributed by atoms with Crippen LogP contribution in [0.2, 0.25) is 0 Å². The number of rotatable bonds is 3. The monoisotopic (exact) mass is 264 g/mol. The molecule has 0 aromatic carbocycles. The lowest BCUT2D eigenvalue weighted by Crippen LogP contribution is -2.46. The summed E-state index contributed by atoms with van der Waals surface area (Å²) < 4.78 is 5.16. The normalized spacial score (nSPS) is 23.4. The summed E-state index contributed by atoms with van der Waals surface area (Å²) >= 11 is 0. The van der Waals surface area contributed by atoms with Gasteiger partial charge in [-0.25, -0.2) is 4.79 Å². The summed E-state index contributed by atoms with van der Waals surface area (Å²) in [5.74, 6) is 1.79. The molecule has 19 heavy (non-hydrogen) atoms. The summed E-state index contributed by atoms with van der Waals surface area (Å²) in [5, 5.41) is 6.85. The molecule has 1 aromatic heterocycles. The Morgan fingerprint density at radius 3 is 3.00 bits per heavy atom. The number of carbonyl (C=O) groups is 1. The molecule has 6 heteroatoms. The molecule has 1 unspecified atom stereocenters. The fourth-order valence-corrected chi connectivity index (χ4v) is 2.58. The van der Waals surface area contributed by atoms with Crippen LogP contribution in [0.3, 0.4) is 0 Å². The molecule has 1 saturated heterocycles. The number of aromatic nitrogens is 2. The second kappa shape index (κ2) is 5.19. The number of hydrogen-bond donors (Lipinski definition) is 1. The number of hydrogen-bond acceptors (Lipinski definition) is 4. The molecule has 0 radical (unpaired) electrons. The quantitative estimate of drug-likeness (QED) is 0.898. The molecule has 2 heterocycles. The number of piperidine rings is 1. The minimum atomic E-state index is 0.0916. The van der Waals surface area contributed by atoms with Crippen molar-refractivity contribution in [3.8, 4) is 0 Å². The van der Waals surface area contributed by atoms with Crippen molar-refractivity contribution in [2.45, 2.75) is 45.1 Å². The maximum Gasteiger partial charge on any atom is 0.317 e. The molecule has 1 N–H and O–H groups in total. The molecule has 0 spiro atoms. The number of nitrogens with one attached hydrogen (secondary N) is 1. The summed E-state index contributed by atoms with van der Waals surface area (Å²) in [6.45, 7) is 3.47. The Bertz CT molecular complexity index is 455. The Morgan fingerprint density at radius 2 is 2.32 bits per heavy atom. The van der Waals surface area contributed by atoms with Gasteiger partial charge in [-0.1, -0.05) is 5.16 Å². The van der Waals surface area contributed by atoms with Crippen LogP contribution in [-0.2, 0) is 6.42 Å². The SMILES string of the molecule is Cc1noc(CC2CCCN(C(=O)NC3CC3)C2)n1. The second-order valence-corrected chi connectivity index (χ2v) is 5.62. The van der Waals surface area contributed by atoms with Gasteiger partial charge in [0.15, 0.2) is 5.82 Å². The first-order valence-corrected chi connectivity index (χ1v) is 7.05. The fourth-order valence-electron chi connectivity index (χ4n) is 2.58. The van der Waals surface area contributed by atoms with Crippen LogP contribution < -0.4 is 5.32 Å². The van der Waals surface area contributed by atoms with Gasteiger partial charge in [0.05, 0.1) is 0 Å². The minimum absolute atomic E-state index is 0.0916. The smallest absolute Gasteiger partial charge is 0.317 e. The molecule has 1 saturated carbocycles. The van der Waals surface area contributed by atoms with Crippen molar-refractivity contribution in [1.82, 2.24) is 20.4 Å². The third kappa shape index (κ3) is 3.24. The summed E-state index contributed by atoms with van der Waals surface area (Å²) in [4.78, 5) is 18.2. The van der Waals surface area contributed by atoms with E-state index in [9.17, 15) is 4.79 Å². The number of carbonyl (C=O) groups excluding carboxylic acids is 1. The topological polar surface area (TPSA) is 71.3 Å². The van der Waals surface area contributed by atoms with Gasteiger partial charge in [-0.3, -0.25) is 0 Å². The first-order chi connectivity index (χ1) is 9.20. The highest BCUT2D eigenvalue weighted by Crippen LogP contribution is 2.22. The Morgan fingerprint density at radius 1 is 1.47 bits per heavy atom. The number of aryl methyl sites for hydroxylation is 1. The van der Waals surface area contributed by atoms with Crippen molar-refractivity contribution in [1.29, 1.82) is 0 Å². The van der Waals surface area contributed by atoms with E-state index in [1.165, 1.54) is 0 Å². The lowest BCUT2D eigenvalue weighted by molar-refractivity contribution is 0.161. The predicted octanol–water partition coefficient (Wildman–Crippen LogP) is 1.50. The van der Waals surface area contributed by atoms with Gasteiger partial charge in [0.2, 0.25) is 5.89 Å². The molecule has 1 aromatic rings. The highest BCUT2D eigenvalue weighted by molar-refractivity contribution is 5.75. The maximum absolute atomic E-state index is 12.0. The maximum atomic E-state index is 12.0. The van der Waals surface area contributed by atoms with Gasteiger partial charge in [-0.05, 0) is 38.5 Å². The van der Waals surface area contributed by atoms with E-state index >= 15 is 0 Å². The van der Waals surface area contributed by atoms with Crippen LogP contribution >= 0.6 is 0 Å². The third-order valence-electron chi connectivity index (χ3n) is 3.74. The van der Waals surface area contributed by atoms with Crippen molar-refractivity contribution in [3.63, 3.8) is 0 Å². The van der Waals surface area contributed by atoms with Crippen molar-refractivity contribution < 1.29 is 9.32 Å². The number of nitrogens with zero attached hydrogens (tertiary/aromatic N) is 3. The molecule has 2 amide bonds. The predicted molar refractivity (Wildman–Crippen MR) is 68.6 cm³/mol. The van der Waals surface area contributed by atoms with E-state index in [1.54, 1.807) is 0 Å². The highest BCUT2D eigenvalue weighted by Gasteiger charge is 2.29. The van der Waals surface area contributed by atoms with E-state index in [1.807, 2.05) is 11.8 Å². The molecule has 6 nitrogen and oxygen atoms in total. The highest BCUT2D eigenvalue weighted by atomic mass is 16.5. The zero-order chi connectivity index (χ0) is 13.2. The van der Waals surface area contributed by atoms with Gasteiger partial charge in [-0.2, -0.15) is 4.98 Å². The van der Waals surface area contributed by atoms with Crippen molar-refractivity contribution in [2.24, 2.45) is 5.92 Å². The third-order valence-corrected chi connectivity index (χ3v) is 3.74. The minimum Gasteiger partial charge on any atom is -0.339 e. The Labute approximate surface area is 112 Å². The molecule has 3 rings (SSSR count). The average molecular weight is 264 g/mol. The van der Waals surface area contributed by atoms with Crippen molar-refractivity contribution >= 4 is 6.03 Å². The Balaban J connectivity index is 1.53. The van der Waals surface area contributed by atoms with Gasteiger partial charge < -0.3 is 14.7 Å². The van der Waals surface area contributed by atoms with Crippen LogP contribution in [0.5, 0.6) is 0 Å². The van der Waals surface area contributed by atoms with Gasteiger partial charge in [-0.15, -0.1) is 0 Å². The molecule has 2 aliphatic rings. The summed E-state index contributed by atoms with van der Waals surface area (Å²) in [6, 6.07) is 0.514. The van der Waals surface area contributed by atoms with Crippen LogP contribution in [0.25, 0.3) is 0 Å². The number of urea groups is 1. The van der Waals surface area contributed by atoms with Crippen LogP contribution in [0.15, 0.2) is 4.52 Å². The van der Waals surface area contributed by atoms with Crippen molar-refractivity contribution in [3.05, 3.63) is 11.7 Å². The summed E-state index contributed by atoms with van der Waals surface area (Å²) in [6.07, 6.45) is 5.20. The van der Waals surface area contributed by atoms with E-state index in [0.717, 1.165) is 45.2 Å². The van der Waals surface area contributed by atoms with Crippen LogP contribution in [0.1, 0.15) is 37.4 Å².